The Labute approximate surface area is 145 Å². The Morgan fingerprint density at radius 1 is 1.20 bits per heavy atom. The summed E-state index contributed by atoms with van der Waals surface area (Å²) in [6, 6.07) is 18.7. The number of hydrogen-bond acceptors (Lipinski definition) is 4. The molecule has 0 radical (unpaired) electrons. The van der Waals surface area contributed by atoms with Crippen LogP contribution in [-0.2, 0) is 11.2 Å². The van der Waals surface area contributed by atoms with Crippen LogP contribution in [-0.4, -0.2) is 22.8 Å². The summed E-state index contributed by atoms with van der Waals surface area (Å²) < 4.78 is 6.65. The molecule has 0 fully saturated rings. The number of ether oxygens (including phenoxy) is 1. The molecule has 1 aromatic heterocycles. The lowest BCUT2D eigenvalue weighted by Crippen LogP contribution is -2.18. The zero-order chi connectivity index (χ0) is 17.6. The molecule has 0 aliphatic carbocycles. The van der Waals surface area contributed by atoms with Crippen LogP contribution in [0.4, 0.5) is 5.82 Å². The van der Waals surface area contributed by atoms with E-state index >= 15 is 0 Å². The number of carbonyl (C=O) groups is 1. The summed E-state index contributed by atoms with van der Waals surface area (Å²) in [5.74, 6) is 0.879. The van der Waals surface area contributed by atoms with Crippen LogP contribution < -0.4 is 10.1 Å². The number of hydrogen-bond donors (Lipinski definition) is 1. The van der Waals surface area contributed by atoms with E-state index in [1.807, 2.05) is 42.5 Å². The molecule has 0 spiro atoms. The zero-order valence-corrected chi connectivity index (χ0v) is 13.6. The Morgan fingerprint density at radius 2 is 1.92 bits per heavy atom. The number of nitrogens with zero attached hydrogens (tertiary/aromatic N) is 3. The first-order chi connectivity index (χ1) is 12.2. The number of para-hydroxylation sites is 1. The average molecular weight is 332 g/mol. The van der Waals surface area contributed by atoms with Crippen LogP contribution in [0.15, 0.2) is 60.8 Å². The Hall–Kier alpha value is -3.59. The smallest absolute Gasteiger partial charge is 0.229 e. The first-order valence-corrected chi connectivity index (χ1v) is 7.67. The second-order valence-corrected chi connectivity index (χ2v) is 5.34. The van der Waals surface area contributed by atoms with Gasteiger partial charge >= 0.3 is 0 Å². The van der Waals surface area contributed by atoms with E-state index in [1.54, 1.807) is 23.9 Å². The van der Waals surface area contributed by atoms with Crippen molar-refractivity contribution in [3.63, 3.8) is 0 Å². The molecule has 0 aliphatic rings. The van der Waals surface area contributed by atoms with Crippen LogP contribution in [0.25, 0.3) is 5.69 Å². The highest BCUT2D eigenvalue weighted by Crippen LogP contribution is 2.20. The Kier molecular flexibility index (Phi) is 4.77. The minimum atomic E-state index is -0.223. The average Bonchev–Trinajstić information content (AvgIpc) is 3.05. The van der Waals surface area contributed by atoms with Crippen LogP contribution in [0, 0.1) is 11.3 Å². The summed E-state index contributed by atoms with van der Waals surface area (Å²) in [4.78, 5) is 12.4. The molecule has 1 N–H and O–H groups in total. The fourth-order valence-electron chi connectivity index (χ4n) is 2.42. The van der Waals surface area contributed by atoms with Crippen LogP contribution >= 0.6 is 0 Å². The van der Waals surface area contributed by atoms with Crippen LogP contribution in [0.1, 0.15) is 11.1 Å². The summed E-state index contributed by atoms with van der Waals surface area (Å²) in [5.41, 5.74) is 1.93. The van der Waals surface area contributed by atoms with E-state index in [4.69, 9.17) is 4.74 Å². The van der Waals surface area contributed by atoms with Gasteiger partial charge in [0.25, 0.3) is 0 Å². The van der Waals surface area contributed by atoms with E-state index in [0.717, 1.165) is 17.0 Å². The van der Waals surface area contributed by atoms with Crippen molar-refractivity contribution in [1.82, 2.24) is 9.78 Å². The minimum absolute atomic E-state index is 0.189. The van der Waals surface area contributed by atoms with Gasteiger partial charge in [0.15, 0.2) is 5.82 Å². The van der Waals surface area contributed by atoms with Crippen LogP contribution in [0.3, 0.4) is 0 Å². The van der Waals surface area contributed by atoms with Gasteiger partial charge in [0, 0.05) is 0 Å². The molecule has 0 atom stereocenters. The predicted molar refractivity (Wildman–Crippen MR) is 93.6 cm³/mol. The lowest BCUT2D eigenvalue weighted by atomic mass is 10.1. The van der Waals surface area contributed by atoms with Gasteiger partial charge in [0.05, 0.1) is 25.4 Å². The van der Waals surface area contributed by atoms with Gasteiger partial charge < -0.3 is 10.1 Å². The number of benzene rings is 2. The normalized spacial score (nSPS) is 10.1. The van der Waals surface area contributed by atoms with Gasteiger partial charge in [-0.2, -0.15) is 10.4 Å². The number of nitriles is 1. The van der Waals surface area contributed by atoms with Crippen molar-refractivity contribution in [3.05, 3.63) is 71.9 Å². The molecule has 0 saturated heterocycles. The molecule has 6 heteroatoms. The SMILES string of the molecule is COc1ccc(CC(=O)Nc2c(C#N)cnn2-c2ccccc2)cc1. The maximum Gasteiger partial charge on any atom is 0.229 e. The van der Waals surface area contributed by atoms with Gasteiger partial charge in [-0.25, -0.2) is 4.68 Å². The summed E-state index contributed by atoms with van der Waals surface area (Å²) in [6.07, 6.45) is 1.63. The lowest BCUT2D eigenvalue weighted by molar-refractivity contribution is -0.115. The fourth-order valence-corrected chi connectivity index (χ4v) is 2.42. The zero-order valence-electron chi connectivity index (χ0n) is 13.6. The van der Waals surface area contributed by atoms with E-state index < -0.39 is 0 Å². The molecular formula is C19H16N4O2. The number of methoxy groups -OCH3 is 1. The third-order valence-corrected chi connectivity index (χ3v) is 3.67. The lowest BCUT2D eigenvalue weighted by Gasteiger charge is -2.10. The molecule has 0 saturated carbocycles. The van der Waals surface area contributed by atoms with Crippen molar-refractivity contribution < 1.29 is 9.53 Å². The Balaban J connectivity index is 1.81. The van der Waals surface area contributed by atoms with E-state index in [1.165, 1.54) is 6.20 Å². The molecule has 0 aliphatic heterocycles. The summed E-state index contributed by atoms with van der Waals surface area (Å²) in [5, 5.41) is 16.3. The maximum atomic E-state index is 12.4. The van der Waals surface area contributed by atoms with Crippen LogP contribution in [0.2, 0.25) is 0 Å². The predicted octanol–water partition coefficient (Wildman–Crippen LogP) is 2.93. The third-order valence-electron chi connectivity index (χ3n) is 3.67. The first kappa shape index (κ1) is 16.3. The highest BCUT2D eigenvalue weighted by molar-refractivity contribution is 5.93. The molecule has 124 valence electrons. The maximum absolute atomic E-state index is 12.4. The largest absolute Gasteiger partial charge is 0.497 e. The highest BCUT2D eigenvalue weighted by Gasteiger charge is 2.15. The molecule has 1 heterocycles. The second kappa shape index (κ2) is 7.32. The molecular weight excluding hydrogens is 316 g/mol. The molecule has 0 unspecified atom stereocenters. The van der Waals surface area contributed by atoms with Crippen molar-refractivity contribution in [3.8, 4) is 17.5 Å². The molecule has 0 bridgehead atoms. The van der Waals surface area contributed by atoms with Gasteiger partial charge in [-0.1, -0.05) is 30.3 Å². The van der Waals surface area contributed by atoms with E-state index in [0.29, 0.717) is 11.4 Å². The van der Waals surface area contributed by atoms with E-state index in [-0.39, 0.29) is 12.3 Å². The van der Waals surface area contributed by atoms with Gasteiger partial charge in [0.2, 0.25) is 5.91 Å². The van der Waals surface area contributed by atoms with Gasteiger partial charge in [-0.15, -0.1) is 0 Å². The molecule has 1 amide bonds. The fraction of sp³-hybridized carbons (Fsp3) is 0.105. The number of amides is 1. The Bertz CT molecular complexity index is 909. The number of aromatic nitrogens is 2. The van der Waals surface area contributed by atoms with Crippen molar-refractivity contribution in [2.75, 3.05) is 12.4 Å². The first-order valence-electron chi connectivity index (χ1n) is 7.67. The van der Waals surface area contributed by atoms with Gasteiger partial charge in [-0.05, 0) is 29.8 Å². The molecule has 6 nitrogen and oxygen atoms in total. The van der Waals surface area contributed by atoms with Crippen molar-refractivity contribution in [2.45, 2.75) is 6.42 Å². The van der Waals surface area contributed by atoms with E-state index in [9.17, 15) is 10.1 Å². The van der Waals surface area contributed by atoms with Crippen LogP contribution in [0.5, 0.6) is 5.75 Å². The van der Waals surface area contributed by atoms with E-state index in [2.05, 4.69) is 16.5 Å². The summed E-state index contributed by atoms with van der Waals surface area (Å²) >= 11 is 0. The highest BCUT2D eigenvalue weighted by atomic mass is 16.5. The monoisotopic (exact) mass is 332 g/mol. The second-order valence-electron chi connectivity index (χ2n) is 5.34. The minimum Gasteiger partial charge on any atom is -0.497 e. The topological polar surface area (TPSA) is 79.9 Å². The van der Waals surface area contributed by atoms with Gasteiger partial charge in [-0.3, -0.25) is 4.79 Å². The van der Waals surface area contributed by atoms with Gasteiger partial charge in [0.1, 0.15) is 17.4 Å². The van der Waals surface area contributed by atoms with Crippen molar-refractivity contribution in [2.24, 2.45) is 0 Å². The number of nitrogens with one attached hydrogen (secondary N) is 1. The molecule has 3 aromatic rings. The van der Waals surface area contributed by atoms with Crippen molar-refractivity contribution in [1.29, 1.82) is 5.26 Å². The molecule has 25 heavy (non-hydrogen) atoms. The number of anilines is 1. The number of carbonyl (C=O) groups excluding carboxylic acids is 1. The summed E-state index contributed by atoms with van der Waals surface area (Å²) in [6.45, 7) is 0. The third kappa shape index (κ3) is 3.67. The quantitative estimate of drug-likeness (QED) is 0.779. The standard InChI is InChI=1S/C19H16N4O2/c1-25-17-9-7-14(8-10-17)11-18(24)22-19-15(12-20)13-21-23(19)16-5-3-2-4-6-16/h2-10,13H,11H2,1H3,(H,22,24). The Morgan fingerprint density at radius 3 is 2.56 bits per heavy atom. The molecule has 2 aromatic carbocycles. The van der Waals surface area contributed by atoms with Crippen molar-refractivity contribution >= 4 is 11.7 Å². The summed E-state index contributed by atoms with van der Waals surface area (Å²) in [7, 11) is 1.59. The number of rotatable bonds is 5. The molecule has 3 rings (SSSR count).